The van der Waals surface area contributed by atoms with Gasteiger partial charge in [-0.15, -0.1) is 0 Å². The molecular formula is C10H7N3O2. The van der Waals surface area contributed by atoms with E-state index >= 15 is 0 Å². The molecule has 2 rings (SSSR count). The van der Waals surface area contributed by atoms with E-state index in [0.29, 0.717) is 11.3 Å². The lowest BCUT2D eigenvalue weighted by Gasteiger charge is -1.99. The van der Waals surface area contributed by atoms with Crippen molar-refractivity contribution in [2.75, 3.05) is 0 Å². The van der Waals surface area contributed by atoms with E-state index in [9.17, 15) is 4.79 Å². The second-order valence-corrected chi connectivity index (χ2v) is 2.84. The molecule has 0 atom stereocenters. The molecule has 0 saturated carbocycles. The first-order valence-corrected chi connectivity index (χ1v) is 4.23. The lowest BCUT2D eigenvalue weighted by Crippen LogP contribution is -2.00. The molecule has 0 aliphatic heterocycles. The highest BCUT2D eigenvalue weighted by Crippen LogP contribution is 2.14. The van der Waals surface area contributed by atoms with Crippen LogP contribution >= 0.6 is 0 Å². The minimum atomic E-state index is -1.05. The Labute approximate surface area is 85.5 Å². The molecule has 2 aromatic rings. The van der Waals surface area contributed by atoms with E-state index < -0.39 is 5.97 Å². The van der Waals surface area contributed by atoms with E-state index in [2.05, 4.69) is 15.0 Å². The number of pyridine rings is 1. The molecule has 0 fully saturated rings. The highest BCUT2D eigenvalue weighted by molar-refractivity contribution is 5.86. The summed E-state index contributed by atoms with van der Waals surface area (Å²) in [5.41, 5.74) is 1.26. The minimum Gasteiger partial charge on any atom is -0.477 e. The molecule has 0 radical (unpaired) electrons. The van der Waals surface area contributed by atoms with Crippen molar-refractivity contribution in [2.24, 2.45) is 0 Å². The zero-order chi connectivity index (χ0) is 10.7. The van der Waals surface area contributed by atoms with Gasteiger partial charge in [0.05, 0.1) is 5.69 Å². The molecule has 0 amide bonds. The predicted octanol–water partition coefficient (Wildman–Crippen LogP) is 1.24. The van der Waals surface area contributed by atoms with Gasteiger partial charge in [0.25, 0.3) is 0 Å². The Morgan fingerprint density at radius 1 is 1.20 bits per heavy atom. The lowest BCUT2D eigenvalue weighted by atomic mass is 10.2. The number of hydrogen-bond acceptors (Lipinski definition) is 4. The maximum Gasteiger partial charge on any atom is 0.354 e. The molecule has 2 heterocycles. The quantitative estimate of drug-likeness (QED) is 0.790. The number of carboxylic acid groups (broad SMARTS) is 1. The summed E-state index contributed by atoms with van der Waals surface area (Å²) < 4.78 is 0. The average Bonchev–Trinajstić information content (AvgIpc) is 2.30. The normalized spacial score (nSPS) is 9.87. The van der Waals surface area contributed by atoms with Crippen molar-refractivity contribution in [3.63, 3.8) is 0 Å². The van der Waals surface area contributed by atoms with Crippen LogP contribution in [-0.4, -0.2) is 26.0 Å². The Morgan fingerprint density at radius 2 is 1.93 bits per heavy atom. The summed E-state index contributed by atoms with van der Waals surface area (Å²) in [4.78, 5) is 22.3. The molecule has 0 bridgehead atoms. The summed E-state index contributed by atoms with van der Waals surface area (Å²) in [6, 6.07) is 4.79. The Hall–Kier alpha value is -2.30. The topological polar surface area (TPSA) is 76.0 Å². The van der Waals surface area contributed by atoms with Crippen LogP contribution < -0.4 is 0 Å². The highest BCUT2D eigenvalue weighted by atomic mass is 16.4. The van der Waals surface area contributed by atoms with Crippen LogP contribution in [0.15, 0.2) is 36.9 Å². The largest absolute Gasteiger partial charge is 0.477 e. The molecule has 1 N–H and O–H groups in total. The van der Waals surface area contributed by atoms with Crippen LogP contribution in [0.1, 0.15) is 10.5 Å². The third-order valence-corrected chi connectivity index (χ3v) is 1.82. The third-order valence-electron chi connectivity index (χ3n) is 1.82. The van der Waals surface area contributed by atoms with Gasteiger partial charge in [-0.3, -0.25) is 0 Å². The SMILES string of the molecule is O=C(O)c1cccc(-c2cncnc2)n1. The molecule has 0 aromatic carbocycles. The number of carbonyl (C=O) groups is 1. The van der Waals surface area contributed by atoms with Crippen molar-refractivity contribution in [3.05, 3.63) is 42.6 Å². The average molecular weight is 201 g/mol. The van der Waals surface area contributed by atoms with Gasteiger partial charge in [0.2, 0.25) is 0 Å². The second kappa shape index (κ2) is 3.83. The smallest absolute Gasteiger partial charge is 0.354 e. The van der Waals surface area contributed by atoms with Crippen molar-refractivity contribution in [1.29, 1.82) is 0 Å². The van der Waals surface area contributed by atoms with Crippen LogP contribution in [0.2, 0.25) is 0 Å². The molecule has 74 valence electrons. The third kappa shape index (κ3) is 1.96. The summed E-state index contributed by atoms with van der Waals surface area (Å²) in [5.74, 6) is -1.05. The highest BCUT2D eigenvalue weighted by Gasteiger charge is 2.06. The fourth-order valence-electron chi connectivity index (χ4n) is 1.15. The molecule has 0 saturated heterocycles. The van der Waals surface area contributed by atoms with Gasteiger partial charge in [0.15, 0.2) is 0 Å². The summed E-state index contributed by atoms with van der Waals surface area (Å²) in [6.07, 6.45) is 4.58. The summed E-state index contributed by atoms with van der Waals surface area (Å²) >= 11 is 0. The number of carboxylic acids is 1. The summed E-state index contributed by atoms with van der Waals surface area (Å²) in [5, 5.41) is 8.76. The van der Waals surface area contributed by atoms with E-state index in [-0.39, 0.29) is 5.69 Å². The van der Waals surface area contributed by atoms with E-state index in [0.717, 1.165) is 0 Å². The van der Waals surface area contributed by atoms with Crippen LogP contribution in [0.5, 0.6) is 0 Å². The van der Waals surface area contributed by atoms with Gasteiger partial charge < -0.3 is 5.11 Å². The Balaban J connectivity index is 2.46. The molecule has 5 nitrogen and oxygen atoms in total. The van der Waals surface area contributed by atoms with Gasteiger partial charge >= 0.3 is 5.97 Å². The number of hydrogen-bond donors (Lipinski definition) is 1. The number of rotatable bonds is 2. The van der Waals surface area contributed by atoms with E-state index in [4.69, 9.17) is 5.11 Å². The minimum absolute atomic E-state index is 0.0105. The summed E-state index contributed by atoms with van der Waals surface area (Å²) in [7, 11) is 0. The van der Waals surface area contributed by atoms with Gasteiger partial charge in [0.1, 0.15) is 12.0 Å². The van der Waals surface area contributed by atoms with Gasteiger partial charge in [-0.25, -0.2) is 19.7 Å². The van der Waals surface area contributed by atoms with Gasteiger partial charge in [-0.1, -0.05) is 6.07 Å². The number of nitrogens with zero attached hydrogens (tertiary/aromatic N) is 3. The first-order chi connectivity index (χ1) is 7.27. The Bertz CT molecular complexity index is 485. The van der Waals surface area contributed by atoms with Crippen LogP contribution in [0.25, 0.3) is 11.3 Å². The zero-order valence-corrected chi connectivity index (χ0v) is 7.66. The van der Waals surface area contributed by atoms with Gasteiger partial charge in [-0.05, 0) is 12.1 Å². The van der Waals surface area contributed by atoms with Gasteiger partial charge in [0, 0.05) is 18.0 Å². The maximum atomic E-state index is 10.7. The van der Waals surface area contributed by atoms with Crippen molar-refractivity contribution in [1.82, 2.24) is 15.0 Å². The van der Waals surface area contributed by atoms with Crippen LogP contribution in [0.3, 0.4) is 0 Å². The first kappa shape index (κ1) is 9.26. The molecule has 2 aromatic heterocycles. The van der Waals surface area contributed by atoms with Crippen molar-refractivity contribution >= 4 is 5.97 Å². The molecule has 0 unspecified atom stereocenters. The fourth-order valence-corrected chi connectivity index (χ4v) is 1.15. The molecule has 5 heteroatoms. The zero-order valence-electron chi connectivity index (χ0n) is 7.66. The number of aromatic carboxylic acids is 1. The molecule has 0 aliphatic carbocycles. The van der Waals surface area contributed by atoms with E-state index in [1.54, 1.807) is 24.5 Å². The van der Waals surface area contributed by atoms with Crippen LogP contribution in [-0.2, 0) is 0 Å². The predicted molar refractivity (Wildman–Crippen MR) is 52.2 cm³/mol. The van der Waals surface area contributed by atoms with Crippen molar-refractivity contribution in [2.45, 2.75) is 0 Å². The number of aromatic nitrogens is 3. The molecule has 0 aliphatic rings. The monoisotopic (exact) mass is 201 g/mol. The fraction of sp³-hybridized carbons (Fsp3) is 0. The van der Waals surface area contributed by atoms with Crippen molar-refractivity contribution in [3.8, 4) is 11.3 Å². The molecule has 0 spiro atoms. The maximum absolute atomic E-state index is 10.7. The van der Waals surface area contributed by atoms with Crippen LogP contribution in [0.4, 0.5) is 0 Å². The Morgan fingerprint density at radius 3 is 2.60 bits per heavy atom. The lowest BCUT2D eigenvalue weighted by molar-refractivity contribution is 0.0690. The van der Waals surface area contributed by atoms with Crippen LogP contribution in [0, 0.1) is 0 Å². The molecule has 15 heavy (non-hydrogen) atoms. The Kier molecular flexibility index (Phi) is 2.37. The summed E-state index contributed by atoms with van der Waals surface area (Å²) in [6.45, 7) is 0. The molecular weight excluding hydrogens is 194 g/mol. The second-order valence-electron chi connectivity index (χ2n) is 2.84. The first-order valence-electron chi connectivity index (χ1n) is 4.23. The van der Waals surface area contributed by atoms with E-state index in [1.165, 1.54) is 12.4 Å². The van der Waals surface area contributed by atoms with Crippen molar-refractivity contribution < 1.29 is 9.90 Å². The van der Waals surface area contributed by atoms with Gasteiger partial charge in [-0.2, -0.15) is 0 Å². The standard InChI is InChI=1S/C10H7N3O2/c14-10(15)9-3-1-2-8(13-9)7-4-11-6-12-5-7/h1-6H,(H,14,15). The van der Waals surface area contributed by atoms with E-state index in [1.807, 2.05) is 0 Å².